The Hall–Kier alpha value is -2.12. The molecule has 1 amide bonds. The molecule has 2 aromatic carbocycles. The van der Waals surface area contributed by atoms with Gasteiger partial charge in [0.1, 0.15) is 5.75 Å². The number of hydrogen-bond donors (Lipinski definition) is 0. The summed E-state index contributed by atoms with van der Waals surface area (Å²) in [5.41, 5.74) is 1.69. The molecule has 0 aliphatic carbocycles. The second-order valence-electron chi connectivity index (χ2n) is 6.12. The number of nitrogens with zero attached hydrogens (tertiary/aromatic N) is 3. The van der Waals surface area contributed by atoms with Crippen molar-refractivity contribution in [2.75, 3.05) is 38.2 Å². The molecule has 0 atom stereocenters. The number of aromatic nitrogens is 1. The van der Waals surface area contributed by atoms with Gasteiger partial charge in [-0.25, -0.2) is 4.98 Å². The average Bonchev–Trinajstić information content (AvgIpc) is 3.10. The van der Waals surface area contributed by atoms with Crippen molar-refractivity contribution in [3.63, 3.8) is 0 Å². The molecule has 0 radical (unpaired) electrons. The van der Waals surface area contributed by atoms with E-state index >= 15 is 0 Å². The van der Waals surface area contributed by atoms with Gasteiger partial charge in [-0.15, -0.1) is 0 Å². The Bertz CT molecular complexity index is 951. The number of carbonyl (C=O) groups excluding carboxylic acids is 1. The molecule has 2 heterocycles. The highest BCUT2D eigenvalue weighted by atomic mass is 79.9. The van der Waals surface area contributed by atoms with Gasteiger partial charge < -0.3 is 14.5 Å². The SMILES string of the molecule is COc1cccc(C(=O)N2CCN(c3nc4ccc(Br)cc4s3)CC2)c1. The number of halogens is 1. The molecule has 4 rings (SSSR count). The van der Waals surface area contributed by atoms with Crippen LogP contribution in [0.4, 0.5) is 5.13 Å². The maximum absolute atomic E-state index is 12.7. The highest BCUT2D eigenvalue weighted by Crippen LogP contribution is 2.31. The summed E-state index contributed by atoms with van der Waals surface area (Å²) in [4.78, 5) is 21.6. The zero-order valence-electron chi connectivity index (χ0n) is 14.3. The number of hydrogen-bond acceptors (Lipinski definition) is 5. The smallest absolute Gasteiger partial charge is 0.254 e. The molecule has 7 heteroatoms. The molecule has 1 aromatic heterocycles. The van der Waals surface area contributed by atoms with Gasteiger partial charge in [-0.1, -0.05) is 33.3 Å². The normalized spacial score (nSPS) is 14.7. The number of benzene rings is 2. The van der Waals surface area contributed by atoms with E-state index in [0.717, 1.165) is 28.2 Å². The van der Waals surface area contributed by atoms with Crippen molar-refractivity contribution in [3.8, 4) is 5.75 Å². The Morgan fingerprint density at radius 3 is 2.73 bits per heavy atom. The van der Waals surface area contributed by atoms with Crippen LogP contribution in [-0.2, 0) is 0 Å². The van der Waals surface area contributed by atoms with Gasteiger partial charge in [0.25, 0.3) is 5.91 Å². The summed E-state index contributed by atoms with van der Waals surface area (Å²) < 4.78 is 7.45. The number of ether oxygens (including phenoxy) is 1. The Balaban J connectivity index is 1.45. The average molecular weight is 432 g/mol. The largest absolute Gasteiger partial charge is 0.497 e. The summed E-state index contributed by atoms with van der Waals surface area (Å²) in [5, 5.41) is 1.02. The van der Waals surface area contributed by atoms with E-state index < -0.39 is 0 Å². The van der Waals surface area contributed by atoms with Crippen molar-refractivity contribution >= 4 is 48.5 Å². The molecular formula is C19H18BrN3O2S. The van der Waals surface area contributed by atoms with Crippen LogP contribution in [0.3, 0.4) is 0 Å². The van der Waals surface area contributed by atoms with Crippen LogP contribution in [0.5, 0.6) is 5.75 Å². The minimum Gasteiger partial charge on any atom is -0.497 e. The number of rotatable bonds is 3. The molecule has 1 aliphatic heterocycles. The fraction of sp³-hybridized carbons (Fsp3) is 0.263. The molecule has 0 spiro atoms. The van der Waals surface area contributed by atoms with Crippen molar-refractivity contribution in [3.05, 3.63) is 52.5 Å². The van der Waals surface area contributed by atoms with Crippen molar-refractivity contribution in [2.24, 2.45) is 0 Å². The van der Waals surface area contributed by atoms with Gasteiger partial charge in [0.05, 0.1) is 17.3 Å². The number of carbonyl (C=O) groups is 1. The van der Waals surface area contributed by atoms with Gasteiger partial charge in [-0.2, -0.15) is 0 Å². The predicted molar refractivity (Wildman–Crippen MR) is 108 cm³/mol. The van der Waals surface area contributed by atoms with Crippen molar-refractivity contribution in [2.45, 2.75) is 0 Å². The zero-order chi connectivity index (χ0) is 18.1. The highest BCUT2D eigenvalue weighted by molar-refractivity contribution is 9.10. The first-order valence-electron chi connectivity index (χ1n) is 8.38. The van der Waals surface area contributed by atoms with E-state index in [4.69, 9.17) is 9.72 Å². The third-order valence-electron chi connectivity index (χ3n) is 4.49. The Kier molecular flexibility index (Phi) is 4.82. The van der Waals surface area contributed by atoms with Crippen LogP contribution in [-0.4, -0.2) is 49.1 Å². The molecule has 0 N–H and O–H groups in total. The summed E-state index contributed by atoms with van der Waals surface area (Å²) in [6.45, 7) is 2.96. The van der Waals surface area contributed by atoms with Gasteiger partial charge in [0.2, 0.25) is 0 Å². The number of thiazole rings is 1. The van der Waals surface area contributed by atoms with Crippen LogP contribution in [0.25, 0.3) is 10.2 Å². The highest BCUT2D eigenvalue weighted by Gasteiger charge is 2.24. The van der Waals surface area contributed by atoms with Crippen LogP contribution >= 0.6 is 27.3 Å². The maximum Gasteiger partial charge on any atom is 0.254 e. The molecule has 134 valence electrons. The first-order chi connectivity index (χ1) is 12.6. The lowest BCUT2D eigenvalue weighted by molar-refractivity contribution is 0.0746. The monoisotopic (exact) mass is 431 g/mol. The number of amides is 1. The van der Waals surface area contributed by atoms with Gasteiger partial charge in [0, 0.05) is 36.2 Å². The fourth-order valence-corrected chi connectivity index (χ4v) is 4.63. The number of piperazine rings is 1. The van der Waals surface area contributed by atoms with E-state index in [1.54, 1.807) is 24.5 Å². The van der Waals surface area contributed by atoms with E-state index in [1.165, 1.54) is 4.70 Å². The van der Waals surface area contributed by atoms with Gasteiger partial charge >= 0.3 is 0 Å². The molecular weight excluding hydrogens is 414 g/mol. The fourth-order valence-electron chi connectivity index (χ4n) is 3.06. The summed E-state index contributed by atoms with van der Waals surface area (Å²) >= 11 is 5.20. The summed E-state index contributed by atoms with van der Waals surface area (Å²) in [6.07, 6.45) is 0. The molecule has 5 nitrogen and oxygen atoms in total. The van der Waals surface area contributed by atoms with Crippen LogP contribution in [0, 0.1) is 0 Å². The first-order valence-corrected chi connectivity index (χ1v) is 9.99. The number of fused-ring (bicyclic) bond motifs is 1. The Morgan fingerprint density at radius 2 is 1.96 bits per heavy atom. The predicted octanol–water partition coefficient (Wildman–Crippen LogP) is 4.03. The lowest BCUT2D eigenvalue weighted by Crippen LogP contribution is -2.48. The van der Waals surface area contributed by atoms with E-state index in [0.29, 0.717) is 24.4 Å². The van der Waals surface area contributed by atoms with Gasteiger partial charge in [-0.3, -0.25) is 4.79 Å². The Labute approximate surface area is 164 Å². The molecule has 0 unspecified atom stereocenters. The van der Waals surface area contributed by atoms with Gasteiger partial charge in [-0.05, 0) is 36.4 Å². The second kappa shape index (κ2) is 7.25. The van der Waals surface area contributed by atoms with Gasteiger partial charge in [0.15, 0.2) is 5.13 Å². The zero-order valence-corrected chi connectivity index (χ0v) is 16.7. The molecule has 26 heavy (non-hydrogen) atoms. The Morgan fingerprint density at radius 1 is 1.15 bits per heavy atom. The second-order valence-corrected chi connectivity index (χ2v) is 8.04. The summed E-state index contributed by atoms with van der Waals surface area (Å²) in [5.74, 6) is 0.756. The molecule has 1 saturated heterocycles. The summed E-state index contributed by atoms with van der Waals surface area (Å²) in [6, 6.07) is 13.5. The molecule has 1 fully saturated rings. The van der Waals surface area contributed by atoms with Crippen molar-refractivity contribution in [1.82, 2.24) is 9.88 Å². The van der Waals surface area contributed by atoms with E-state index in [1.807, 2.05) is 35.2 Å². The number of methoxy groups -OCH3 is 1. The third kappa shape index (κ3) is 3.41. The molecule has 3 aromatic rings. The first kappa shape index (κ1) is 17.3. The van der Waals surface area contributed by atoms with Crippen LogP contribution < -0.4 is 9.64 Å². The lowest BCUT2D eigenvalue weighted by Gasteiger charge is -2.34. The minimum absolute atomic E-state index is 0.0526. The van der Waals surface area contributed by atoms with Crippen LogP contribution in [0.15, 0.2) is 46.9 Å². The van der Waals surface area contributed by atoms with Crippen molar-refractivity contribution < 1.29 is 9.53 Å². The quantitative estimate of drug-likeness (QED) is 0.627. The standard InChI is InChI=1S/C19H18BrN3O2S/c1-25-15-4-2-3-13(11-15)18(24)22-7-9-23(10-8-22)19-21-16-6-5-14(20)12-17(16)26-19/h2-6,11-12H,7-10H2,1H3. The van der Waals surface area contributed by atoms with Crippen molar-refractivity contribution in [1.29, 1.82) is 0 Å². The maximum atomic E-state index is 12.7. The molecule has 1 aliphatic rings. The van der Waals surface area contributed by atoms with E-state index in [2.05, 4.69) is 26.9 Å². The topological polar surface area (TPSA) is 45.7 Å². The van der Waals surface area contributed by atoms with Crippen LogP contribution in [0.2, 0.25) is 0 Å². The lowest BCUT2D eigenvalue weighted by atomic mass is 10.1. The van der Waals surface area contributed by atoms with E-state index in [-0.39, 0.29) is 5.91 Å². The number of anilines is 1. The summed E-state index contributed by atoms with van der Waals surface area (Å²) in [7, 11) is 1.61. The third-order valence-corrected chi connectivity index (χ3v) is 6.07. The molecule has 0 bridgehead atoms. The van der Waals surface area contributed by atoms with E-state index in [9.17, 15) is 4.79 Å². The minimum atomic E-state index is 0.0526. The van der Waals surface area contributed by atoms with Crippen LogP contribution in [0.1, 0.15) is 10.4 Å². The molecule has 0 saturated carbocycles.